The molecule has 1 aliphatic heterocycles. The molecule has 1 unspecified atom stereocenters. The summed E-state index contributed by atoms with van der Waals surface area (Å²) in [6.07, 6.45) is 1.85. The summed E-state index contributed by atoms with van der Waals surface area (Å²) in [5.74, 6) is -0.00552. The number of thioether (sulfide) groups is 1. The van der Waals surface area contributed by atoms with Crippen molar-refractivity contribution < 1.29 is 14.3 Å². The number of aromatic nitrogens is 2. The second-order valence-electron chi connectivity index (χ2n) is 6.94. The van der Waals surface area contributed by atoms with Gasteiger partial charge in [-0.15, -0.1) is 10.2 Å². The Morgan fingerprint density at radius 1 is 1.33 bits per heavy atom. The van der Waals surface area contributed by atoms with Gasteiger partial charge in [0.2, 0.25) is 5.13 Å². The Labute approximate surface area is 183 Å². The molecule has 2 amide bonds. The second kappa shape index (κ2) is 9.05. The zero-order valence-electron chi connectivity index (χ0n) is 16.8. The number of methoxy groups -OCH3 is 1. The number of carbonyl (C=O) groups is 2. The van der Waals surface area contributed by atoms with E-state index in [-0.39, 0.29) is 12.1 Å². The van der Waals surface area contributed by atoms with Gasteiger partial charge in [0.25, 0.3) is 0 Å². The first-order chi connectivity index (χ1) is 14.6. The fraction of sp³-hybridized carbons (Fsp3) is 0.400. The number of hydrogen-bond donors (Lipinski definition) is 2. The number of amides is 2. The van der Waals surface area contributed by atoms with E-state index in [1.807, 2.05) is 37.3 Å². The number of nitrogens with one attached hydrogen (secondary N) is 2. The SMILES string of the molecule is CCNc1nnc(SCC2=C(C(=O)OC)C(c3ccccc3)NC(=O)N2C2CC2)s1. The largest absolute Gasteiger partial charge is 0.466 e. The van der Waals surface area contributed by atoms with Gasteiger partial charge < -0.3 is 15.4 Å². The van der Waals surface area contributed by atoms with Crippen LogP contribution < -0.4 is 10.6 Å². The van der Waals surface area contributed by atoms with Crippen molar-refractivity contribution in [3.8, 4) is 0 Å². The van der Waals surface area contributed by atoms with Gasteiger partial charge in [-0.05, 0) is 25.3 Å². The summed E-state index contributed by atoms with van der Waals surface area (Å²) in [4.78, 5) is 27.6. The van der Waals surface area contributed by atoms with Crippen molar-refractivity contribution in [3.05, 3.63) is 47.2 Å². The van der Waals surface area contributed by atoms with Crippen LogP contribution in [0.3, 0.4) is 0 Å². The van der Waals surface area contributed by atoms with Crippen LogP contribution in [0.5, 0.6) is 0 Å². The van der Waals surface area contributed by atoms with Crippen LogP contribution in [0.15, 0.2) is 45.9 Å². The van der Waals surface area contributed by atoms with Crippen LogP contribution in [-0.4, -0.2) is 52.5 Å². The summed E-state index contributed by atoms with van der Waals surface area (Å²) < 4.78 is 5.90. The van der Waals surface area contributed by atoms with Crippen molar-refractivity contribution in [1.82, 2.24) is 20.4 Å². The van der Waals surface area contributed by atoms with Gasteiger partial charge in [-0.1, -0.05) is 53.4 Å². The molecule has 2 aromatic rings. The van der Waals surface area contributed by atoms with E-state index in [9.17, 15) is 9.59 Å². The van der Waals surface area contributed by atoms with Crippen molar-refractivity contribution in [2.45, 2.75) is 36.2 Å². The van der Waals surface area contributed by atoms with Crippen molar-refractivity contribution in [3.63, 3.8) is 0 Å². The lowest BCUT2D eigenvalue weighted by molar-refractivity contribution is -0.136. The molecule has 1 atom stereocenters. The lowest BCUT2D eigenvalue weighted by atomic mass is 9.95. The Kier molecular flexibility index (Phi) is 6.24. The van der Waals surface area contributed by atoms with Crippen LogP contribution >= 0.6 is 23.1 Å². The normalized spacial score (nSPS) is 18.9. The maximum atomic E-state index is 13.0. The minimum absolute atomic E-state index is 0.115. The minimum Gasteiger partial charge on any atom is -0.466 e. The van der Waals surface area contributed by atoms with Crippen LogP contribution in [0.4, 0.5) is 9.93 Å². The van der Waals surface area contributed by atoms with Crippen LogP contribution in [0, 0.1) is 0 Å². The van der Waals surface area contributed by atoms with E-state index >= 15 is 0 Å². The molecule has 0 spiro atoms. The average molecular weight is 446 g/mol. The molecule has 0 saturated heterocycles. The number of hydrogen-bond acceptors (Lipinski definition) is 8. The monoisotopic (exact) mass is 445 g/mol. The first-order valence-electron chi connectivity index (χ1n) is 9.78. The third kappa shape index (κ3) is 4.29. The fourth-order valence-electron chi connectivity index (χ4n) is 3.41. The molecule has 30 heavy (non-hydrogen) atoms. The predicted molar refractivity (Wildman–Crippen MR) is 116 cm³/mol. The van der Waals surface area contributed by atoms with E-state index in [1.54, 1.807) is 4.90 Å². The molecule has 158 valence electrons. The number of nitrogens with zero attached hydrogens (tertiary/aromatic N) is 3. The molecule has 1 aromatic heterocycles. The summed E-state index contributed by atoms with van der Waals surface area (Å²) >= 11 is 2.93. The number of anilines is 1. The average Bonchev–Trinajstić information content (AvgIpc) is 3.50. The molecule has 4 rings (SSSR count). The topological polar surface area (TPSA) is 96.5 Å². The fourth-order valence-corrected chi connectivity index (χ4v) is 5.26. The van der Waals surface area contributed by atoms with Gasteiger partial charge in [-0.25, -0.2) is 9.59 Å². The van der Waals surface area contributed by atoms with Crippen molar-refractivity contribution in [1.29, 1.82) is 0 Å². The highest BCUT2D eigenvalue weighted by Crippen LogP contribution is 2.40. The van der Waals surface area contributed by atoms with E-state index in [0.29, 0.717) is 17.0 Å². The van der Waals surface area contributed by atoms with Gasteiger partial charge >= 0.3 is 12.0 Å². The number of carbonyl (C=O) groups excluding carboxylic acids is 2. The Bertz CT molecular complexity index is 958. The lowest BCUT2D eigenvalue weighted by Crippen LogP contribution is -2.50. The Morgan fingerprint density at radius 3 is 2.77 bits per heavy atom. The molecule has 2 aliphatic rings. The minimum atomic E-state index is -0.552. The van der Waals surface area contributed by atoms with E-state index in [2.05, 4.69) is 20.8 Å². The first-order valence-corrected chi connectivity index (χ1v) is 11.6. The summed E-state index contributed by atoms with van der Waals surface area (Å²) in [6, 6.07) is 8.87. The highest BCUT2D eigenvalue weighted by atomic mass is 32.2. The molecule has 1 fully saturated rings. The van der Waals surface area contributed by atoms with Crippen molar-refractivity contribution in [2.24, 2.45) is 0 Å². The Hall–Kier alpha value is -2.59. The quantitative estimate of drug-likeness (QED) is 0.475. The number of ether oxygens (including phenoxy) is 1. The number of esters is 1. The third-order valence-electron chi connectivity index (χ3n) is 4.89. The van der Waals surface area contributed by atoms with Gasteiger partial charge in [-0.3, -0.25) is 4.90 Å². The molecule has 1 aliphatic carbocycles. The molecule has 2 N–H and O–H groups in total. The Morgan fingerprint density at radius 2 is 2.10 bits per heavy atom. The number of benzene rings is 1. The van der Waals surface area contributed by atoms with Gasteiger partial charge in [0.05, 0.1) is 18.7 Å². The molecule has 8 nitrogen and oxygen atoms in total. The maximum Gasteiger partial charge on any atom is 0.338 e. The summed E-state index contributed by atoms with van der Waals surface area (Å²) in [5.41, 5.74) is 2.00. The Balaban J connectivity index is 1.71. The van der Waals surface area contributed by atoms with E-state index in [0.717, 1.165) is 34.4 Å². The first kappa shape index (κ1) is 20.7. The molecule has 1 aromatic carbocycles. The highest BCUT2D eigenvalue weighted by Gasteiger charge is 2.43. The summed E-state index contributed by atoms with van der Waals surface area (Å²) in [7, 11) is 1.37. The predicted octanol–water partition coefficient (Wildman–Crippen LogP) is 3.42. The molecular weight excluding hydrogens is 422 g/mol. The smallest absolute Gasteiger partial charge is 0.338 e. The standard InChI is InChI=1S/C20H23N5O3S2/c1-3-21-18-23-24-20(30-18)29-11-14-15(17(26)28-2)16(12-7-5-4-6-8-12)22-19(27)25(14)13-9-10-13/h4-8,13,16H,3,9-11H2,1-2H3,(H,21,23)(H,22,27). The van der Waals surface area contributed by atoms with Crippen molar-refractivity contribution >= 4 is 40.2 Å². The van der Waals surface area contributed by atoms with Gasteiger partial charge in [-0.2, -0.15) is 0 Å². The van der Waals surface area contributed by atoms with Crippen molar-refractivity contribution in [2.75, 3.05) is 24.7 Å². The van der Waals surface area contributed by atoms with Gasteiger partial charge in [0.1, 0.15) is 0 Å². The van der Waals surface area contributed by atoms with Crippen LogP contribution in [0.25, 0.3) is 0 Å². The van der Waals surface area contributed by atoms with E-state index in [1.165, 1.54) is 30.2 Å². The second-order valence-corrected chi connectivity index (χ2v) is 9.14. The van der Waals surface area contributed by atoms with Crippen LogP contribution in [-0.2, 0) is 9.53 Å². The molecule has 2 heterocycles. The van der Waals surface area contributed by atoms with Gasteiger partial charge in [0.15, 0.2) is 4.34 Å². The number of urea groups is 1. The number of rotatable bonds is 8. The van der Waals surface area contributed by atoms with E-state index in [4.69, 9.17) is 4.74 Å². The summed E-state index contributed by atoms with van der Waals surface area (Å²) in [5, 5.41) is 15.2. The molecule has 10 heteroatoms. The molecular formula is C20H23N5O3S2. The highest BCUT2D eigenvalue weighted by molar-refractivity contribution is 8.01. The zero-order valence-corrected chi connectivity index (χ0v) is 18.4. The van der Waals surface area contributed by atoms with Gasteiger partial charge in [0, 0.05) is 24.0 Å². The maximum absolute atomic E-state index is 13.0. The molecule has 1 saturated carbocycles. The third-order valence-corrected chi connectivity index (χ3v) is 6.92. The van der Waals surface area contributed by atoms with Crippen LogP contribution in [0.2, 0.25) is 0 Å². The lowest BCUT2D eigenvalue weighted by Gasteiger charge is -2.36. The summed E-state index contributed by atoms with van der Waals surface area (Å²) in [6.45, 7) is 2.77. The van der Waals surface area contributed by atoms with E-state index < -0.39 is 12.0 Å². The van der Waals surface area contributed by atoms with Crippen LogP contribution in [0.1, 0.15) is 31.4 Å². The zero-order chi connectivity index (χ0) is 21.1. The molecule has 0 radical (unpaired) electrons. The molecule has 0 bridgehead atoms.